The summed E-state index contributed by atoms with van der Waals surface area (Å²) in [7, 11) is 0. The highest BCUT2D eigenvalue weighted by Crippen LogP contribution is 2.25. The second-order valence-electron chi connectivity index (χ2n) is 4.84. The minimum Gasteiger partial charge on any atom is -0.508 e. The third-order valence-electron chi connectivity index (χ3n) is 3.27. The van der Waals surface area contributed by atoms with E-state index in [-0.39, 0.29) is 6.04 Å². The van der Waals surface area contributed by atoms with Gasteiger partial charge in [-0.2, -0.15) is 0 Å². The number of nitrogens with one attached hydrogen (secondary N) is 1. The van der Waals surface area contributed by atoms with Gasteiger partial charge in [-0.3, -0.25) is 0 Å². The van der Waals surface area contributed by atoms with Gasteiger partial charge in [0, 0.05) is 17.6 Å². The summed E-state index contributed by atoms with van der Waals surface area (Å²) in [6.07, 6.45) is 3.51. The molecule has 2 nitrogen and oxygen atoms in total. The molecule has 96 valence electrons. The second kappa shape index (κ2) is 6.65. The van der Waals surface area contributed by atoms with Gasteiger partial charge in [-0.05, 0) is 38.3 Å². The number of phenols is 1. The van der Waals surface area contributed by atoms with E-state index in [1.165, 1.54) is 12.8 Å². The first-order chi connectivity index (χ1) is 8.08. The van der Waals surface area contributed by atoms with E-state index in [1.54, 1.807) is 0 Å². The zero-order valence-electron chi connectivity index (χ0n) is 11.5. The third-order valence-corrected chi connectivity index (χ3v) is 3.27. The highest BCUT2D eigenvalue weighted by atomic mass is 16.3. The van der Waals surface area contributed by atoms with E-state index in [9.17, 15) is 5.11 Å². The van der Waals surface area contributed by atoms with Crippen LogP contribution in [-0.4, -0.2) is 11.1 Å². The molecule has 0 amide bonds. The summed E-state index contributed by atoms with van der Waals surface area (Å²) >= 11 is 0. The first-order valence-corrected chi connectivity index (χ1v) is 6.64. The minimum absolute atomic E-state index is 0.201. The van der Waals surface area contributed by atoms with Gasteiger partial charge in [-0.25, -0.2) is 0 Å². The summed E-state index contributed by atoms with van der Waals surface area (Å²) in [5.41, 5.74) is 2.09. The SMILES string of the molecule is CCCC(CC)NC(C)c1ccc(C)cc1O. The fraction of sp³-hybridized carbons (Fsp3) is 0.600. The summed E-state index contributed by atoms with van der Waals surface area (Å²) in [6.45, 7) is 8.52. The quantitative estimate of drug-likeness (QED) is 0.783. The van der Waals surface area contributed by atoms with E-state index in [0.29, 0.717) is 11.8 Å². The molecule has 2 N–H and O–H groups in total. The summed E-state index contributed by atoms with van der Waals surface area (Å²) in [6, 6.07) is 6.63. The van der Waals surface area contributed by atoms with Crippen LogP contribution in [0.25, 0.3) is 0 Å². The molecular weight excluding hydrogens is 210 g/mol. The number of hydrogen-bond acceptors (Lipinski definition) is 2. The number of phenolic OH excluding ortho intramolecular Hbond substituents is 1. The van der Waals surface area contributed by atoms with Gasteiger partial charge in [0.15, 0.2) is 0 Å². The number of rotatable bonds is 6. The molecule has 0 radical (unpaired) electrons. The molecule has 0 saturated heterocycles. The van der Waals surface area contributed by atoms with Crippen LogP contribution in [0.5, 0.6) is 5.75 Å². The molecule has 0 fully saturated rings. The van der Waals surface area contributed by atoms with Crippen LogP contribution in [0.1, 0.15) is 57.2 Å². The Morgan fingerprint density at radius 3 is 2.53 bits per heavy atom. The van der Waals surface area contributed by atoms with Crippen LogP contribution < -0.4 is 5.32 Å². The Bertz CT molecular complexity index is 349. The summed E-state index contributed by atoms with van der Waals surface area (Å²) in [5.74, 6) is 0.399. The standard InChI is InChI=1S/C15H25NO/c1-5-7-13(6-2)16-12(4)14-9-8-11(3)10-15(14)17/h8-10,12-13,16-17H,5-7H2,1-4H3. The summed E-state index contributed by atoms with van der Waals surface area (Å²) in [5, 5.41) is 13.5. The highest BCUT2D eigenvalue weighted by Gasteiger charge is 2.14. The van der Waals surface area contributed by atoms with Crippen LogP contribution in [-0.2, 0) is 0 Å². The van der Waals surface area contributed by atoms with Gasteiger partial charge >= 0.3 is 0 Å². The number of hydrogen-bond donors (Lipinski definition) is 2. The first kappa shape index (κ1) is 14.0. The molecule has 0 aliphatic carbocycles. The molecule has 2 heteroatoms. The normalized spacial score (nSPS) is 14.6. The lowest BCUT2D eigenvalue weighted by Crippen LogP contribution is -2.30. The largest absolute Gasteiger partial charge is 0.508 e. The number of benzene rings is 1. The van der Waals surface area contributed by atoms with Gasteiger partial charge in [0.1, 0.15) is 5.75 Å². The topological polar surface area (TPSA) is 32.3 Å². The van der Waals surface area contributed by atoms with Crippen molar-refractivity contribution in [3.05, 3.63) is 29.3 Å². The molecule has 0 spiro atoms. The lowest BCUT2D eigenvalue weighted by atomic mass is 10.0. The van der Waals surface area contributed by atoms with Crippen molar-refractivity contribution in [2.45, 2.75) is 59.0 Å². The minimum atomic E-state index is 0.201. The monoisotopic (exact) mass is 235 g/mol. The average Bonchev–Trinajstić information content (AvgIpc) is 2.28. The van der Waals surface area contributed by atoms with Gasteiger partial charge in [-0.1, -0.05) is 32.4 Å². The van der Waals surface area contributed by atoms with E-state index in [0.717, 1.165) is 17.5 Å². The zero-order chi connectivity index (χ0) is 12.8. The van der Waals surface area contributed by atoms with Crippen molar-refractivity contribution >= 4 is 0 Å². The maximum absolute atomic E-state index is 9.94. The van der Waals surface area contributed by atoms with Crippen molar-refractivity contribution in [3.8, 4) is 5.75 Å². The van der Waals surface area contributed by atoms with Gasteiger partial charge in [0.25, 0.3) is 0 Å². The molecule has 0 aliphatic rings. The Balaban J connectivity index is 2.71. The predicted molar refractivity (Wildman–Crippen MR) is 73.4 cm³/mol. The van der Waals surface area contributed by atoms with Crippen molar-refractivity contribution in [1.29, 1.82) is 0 Å². The van der Waals surface area contributed by atoms with Gasteiger partial charge in [0.2, 0.25) is 0 Å². The average molecular weight is 235 g/mol. The lowest BCUT2D eigenvalue weighted by Gasteiger charge is -2.23. The van der Waals surface area contributed by atoms with E-state index in [2.05, 4.69) is 26.1 Å². The maximum atomic E-state index is 9.94. The number of aryl methyl sites for hydroxylation is 1. The lowest BCUT2D eigenvalue weighted by molar-refractivity contribution is 0.401. The molecule has 1 aromatic rings. The Labute approximate surface area is 105 Å². The molecule has 2 unspecified atom stereocenters. The molecule has 0 saturated carbocycles. The first-order valence-electron chi connectivity index (χ1n) is 6.64. The van der Waals surface area contributed by atoms with Crippen molar-refractivity contribution in [2.75, 3.05) is 0 Å². The molecule has 1 aromatic carbocycles. The molecule has 17 heavy (non-hydrogen) atoms. The zero-order valence-corrected chi connectivity index (χ0v) is 11.5. The van der Waals surface area contributed by atoms with Gasteiger partial charge in [0.05, 0.1) is 0 Å². The fourth-order valence-electron chi connectivity index (χ4n) is 2.22. The van der Waals surface area contributed by atoms with Crippen LogP contribution in [0.15, 0.2) is 18.2 Å². The smallest absolute Gasteiger partial charge is 0.120 e. The Morgan fingerprint density at radius 2 is 2.00 bits per heavy atom. The van der Waals surface area contributed by atoms with Crippen LogP contribution in [0.2, 0.25) is 0 Å². The fourth-order valence-corrected chi connectivity index (χ4v) is 2.22. The molecule has 0 bridgehead atoms. The van der Waals surface area contributed by atoms with Crippen LogP contribution in [0.3, 0.4) is 0 Å². The van der Waals surface area contributed by atoms with E-state index in [1.807, 2.05) is 25.1 Å². The summed E-state index contributed by atoms with van der Waals surface area (Å²) in [4.78, 5) is 0. The third kappa shape index (κ3) is 4.04. The Morgan fingerprint density at radius 1 is 1.29 bits per heavy atom. The molecule has 2 atom stereocenters. The molecule has 1 rings (SSSR count). The molecular formula is C15H25NO. The van der Waals surface area contributed by atoms with Crippen LogP contribution in [0, 0.1) is 6.92 Å². The second-order valence-corrected chi connectivity index (χ2v) is 4.84. The molecule has 0 aromatic heterocycles. The highest BCUT2D eigenvalue weighted by molar-refractivity contribution is 5.37. The van der Waals surface area contributed by atoms with E-state index < -0.39 is 0 Å². The molecule has 0 aliphatic heterocycles. The van der Waals surface area contributed by atoms with Crippen LogP contribution >= 0.6 is 0 Å². The summed E-state index contributed by atoms with van der Waals surface area (Å²) < 4.78 is 0. The Hall–Kier alpha value is -1.02. The Kier molecular flexibility index (Phi) is 5.49. The van der Waals surface area contributed by atoms with E-state index in [4.69, 9.17) is 0 Å². The van der Waals surface area contributed by atoms with Crippen LogP contribution in [0.4, 0.5) is 0 Å². The molecule has 0 heterocycles. The van der Waals surface area contributed by atoms with Gasteiger partial charge < -0.3 is 10.4 Å². The van der Waals surface area contributed by atoms with Crippen molar-refractivity contribution in [1.82, 2.24) is 5.32 Å². The predicted octanol–water partition coefficient (Wildman–Crippen LogP) is 3.93. The van der Waals surface area contributed by atoms with E-state index >= 15 is 0 Å². The van der Waals surface area contributed by atoms with Gasteiger partial charge in [-0.15, -0.1) is 0 Å². The maximum Gasteiger partial charge on any atom is 0.120 e. The van der Waals surface area contributed by atoms with Crippen molar-refractivity contribution < 1.29 is 5.11 Å². The van der Waals surface area contributed by atoms with Crippen molar-refractivity contribution in [2.24, 2.45) is 0 Å². The number of aromatic hydroxyl groups is 1. The van der Waals surface area contributed by atoms with Crippen molar-refractivity contribution in [3.63, 3.8) is 0 Å².